The summed E-state index contributed by atoms with van der Waals surface area (Å²) in [6.45, 7) is 5.67. The topological polar surface area (TPSA) is 87.2 Å². The Morgan fingerprint density at radius 1 is 1.03 bits per heavy atom. The number of rotatable bonds is 3. The van der Waals surface area contributed by atoms with Crippen LogP contribution in [0.4, 0.5) is 18.0 Å². The Morgan fingerprint density at radius 3 is 2.24 bits per heavy atom. The smallest absolute Gasteiger partial charge is 0.416 e. The van der Waals surface area contributed by atoms with Gasteiger partial charge in [0.15, 0.2) is 0 Å². The monoisotopic (exact) mass is 491 g/mol. The van der Waals surface area contributed by atoms with Crippen LogP contribution in [-0.4, -0.2) is 78.9 Å². The molecule has 0 spiro atoms. The summed E-state index contributed by atoms with van der Waals surface area (Å²) in [6, 6.07) is 2.93. The van der Waals surface area contributed by atoms with Crippen LogP contribution in [0.2, 0.25) is 0 Å². The Morgan fingerprint density at radius 2 is 1.67 bits per heavy atom. The fourth-order valence-corrected chi connectivity index (χ4v) is 5.37. The lowest BCUT2D eigenvalue weighted by molar-refractivity contribution is -0.138. The Bertz CT molecular complexity index is 999. The average molecular weight is 492 g/mol. The van der Waals surface area contributed by atoms with Gasteiger partial charge in [-0.1, -0.05) is 6.07 Å². The highest BCUT2D eigenvalue weighted by molar-refractivity contribution is 7.89. The third-order valence-corrected chi connectivity index (χ3v) is 7.41. The zero-order valence-electron chi connectivity index (χ0n) is 18.8. The second-order valence-electron chi connectivity index (χ2n) is 9.09. The molecule has 0 aliphatic carbocycles. The lowest BCUT2D eigenvalue weighted by Gasteiger charge is -2.37. The van der Waals surface area contributed by atoms with Crippen LogP contribution < -0.4 is 0 Å². The summed E-state index contributed by atoms with van der Waals surface area (Å²) in [7, 11) is -4.15. The second kappa shape index (κ2) is 9.13. The van der Waals surface area contributed by atoms with Crippen LogP contribution in [0.5, 0.6) is 0 Å². The largest absolute Gasteiger partial charge is 0.444 e. The normalized spacial score (nSPS) is 20.7. The molecule has 0 unspecified atom stereocenters. The zero-order chi connectivity index (χ0) is 24.6. The Labute approximate surface area is 191 Å². The van der Waals surface area contributed by atoms with E-state index in [9.17, 15) is 31.2 Å². The van der Waals surface area contributed by atoms with Crippen molar-refractivity contribution in [3.63, 3.8) is 0 Å². The molecule has 2 saturated heterocycles. The van der Waals surface area contributed by atoms with Gasteiger partial charge in [0.05, 0.1) is 10.5 Å². The summed E-state index contributed by atoms with van der Waals surface area (Å²) in [5.74, 6) is -0.283. The lowest BCUT2D eigenvalue weighted by atomic mass is 10.1. The first kappa shape index (κ1) is 25.3. The number of nitrogens with zero attached hydrogens (tertiary/aromatic N) is 3. The summed E-state index contributed by atoms with van der Waals surface area (Å²) in [4.78, 5) is 28.0. The molecule has 0 aromatic heterocycles. The van der Waals surface area contributed by atoms with Crippen molar-refractivity contribution in [2.45, 2.75) is 56.3 Å². The Kier molecular flexibility index (Phi) is 6.99. The van der Waals surface area contributed by atoms with E-state index in [4.69, 9.17) is 4.74 Å². The minimum absolute atomic E-state index is 0.0521. The van der Waals surface area contributed by atoms with E-state index in [1.54, 1.807) is 20.8 Å². The third-order valence-electron chi connectivity index (χ3n) is 5.52. The SMILES string of the molecule is CC(C)(C)OC(=O)N1CCC[C@H]1C(=O)N1CCN(S(=O)(=O)c2cccc(C(F)(F)F)c2)CC1. The van der Waals surface area contributed by atoms with Crippen molar-refractivity contribution in [3.05, 3.63) is 29.8 Å². The van der Waals surface area contributed by atoms with Gasteiger partial charge in [0, 0.05) is 32.7 Å². The number of ether oxygens (including phenoxy) is 1. The van der Waals surface area contributed by atoms with Crippen molar-refractivity contribution in [3.8, 4) is 0 Å². The molecule has 12 heteroatoms. The predicted octanol–water partition coefficient (Wildman–Crippen LogP) is 2.94. The van der Waals surface area contributed by atoms with Crippen LogP contribution in [0.25, 0.3) is 0 Å². The van der Waals surface area contributed by atoms with E-state index in [2.05, 4.69) is 0 Å². The molecule has 2 heterocycles. The maximum atomic E-state index is 13.0. The molecule has 2 aliphatic heterocycles. The number of piperazine rings is 1. The minimum Gasteiger partial charge on any atom is -0.444 e. The van der Waals surface area contributed by atoms with E-state index in [0.29, 0.717) is 25.5 Å². The molecule has 0 bridgehead atoms. The van der Waals surface area contributed by atoms with Crippen molar-refractivity contribution in [2.24, 2.45) is 0 Å². The predicted molar refractivity (Wildman–Crippen MR) is 113 cm³/mol. The van der Waals surface area contributed by atoms with E-state index in [1.165, 1.54) is 9.80 Å². The molecule has 1 aromatic carbocycles. The minimum atomic E-state index is -4.65. The first-order valence-electron chi connectivity index (χ1n) is 10.7. The summed E-state index contributed by atoms with van der Waals surface area (Å²) in [6.07, 6.45) is -4.08. The van der Waals surface area contributed by atoms with Crippen molar-refractivity contribution < 1.29 is 35.9 Å². The van der Waals surface area contributed by atoms with Gasteiger partial charge in [-0.2, -0.15) is 17.5 Å². The quantitative estimate of drug-likeness (QED) is 0.649. The van der Waals surface area contributed by atoms with Crippen LogP contribution >= 0.6 is 0 Å². The van der Waals surface area contributed by atoms with Gasteiger partial charge >= 0.3 is 12.3 Å². The van der Waals surface area contributed by atoms with Gasteiger partial charge in [0.2, 0.25) is 15.9 Å². The average Bonchev–Trinajstić information content (AvgIpc) is 3.22. The van der Waals surface area contributed by atoms with E-state index in [0.717, 1.165) is 22.5 Å². The van der Waals surface area contributed by atoms with Crippen molar-refractivity contribution in [1.82, 2.24) is 14.1 Å². The van der Waals surface area contributed by atoms with Crippen molar-refractivity contribution in [2.75, 3.05) is 32.7 Å². The molecule has 1 atom stereocenters. The Balaban J connectivity index is 1.66. The fourth-order valence-electron chi connectivity index (χ4n) is 3.90. The maximum absolute atomic E-state index is 13.0. The molecule has 1 aromatic rings. The summed E-state index contributed by atoms with van der Waals surface area (Å²) in [5.41, 5.74) is -1.74. The number of likely N-dealkylation sites (tertiary alicyclic amines) is 1. The molecule has 2 fully saturated rings. The number of carbonyl (C=O) groups excluding carboxylic acids is 2. The fraction of sp³-hybridized carbons (Fsp3) is 0.619. The molecule has 0 N–H and O–H groups in total. The van der Waals surface area contributed by atoms with E-state index < -0.39 is 44.4 Å². The summed E-state index contributed by atoms with van der Waals surface area (Å²) >= 11 is 0. The number of alkyl halides is 3. The van der Waals surface area contributed by atoms with Crippen LogP contribution in [-0.2, 0) is 25.7 Å². The number of hydrogen-bond donors (Lipinski definition) is 0. The number of amides is 2. The molecule has 0 saturated carbocycles. The van der Waals surface area contributed by atoms with Gasteiger partial charge in [-0.15, -0.1) is 0 Å². The molecule has 2 amide bonds. The van der Waals surface area contributed by atoms with Gasteiger partial charge in [-0.25, -0.2) is 13.2 Å². The zero-order valence-corrected chi connectivity index (χ0v) is 19.6. The molecular formula is C21H28F3N3O5S. The van der Waals surface area contributed by atoms with Crippen LogP contribution in [0.1, 0.15) is 39.2 Å². The number of carbonyl (C=O) groups is 2. The molecule has 0 radical (unpaired) electrons. The van der Waals surface area contributed by atoms with Crippen LogP contribution in [0, 0.1) is 0 Å². The van der Waals surface area contributed by atoms with Crippen molar-refractivity contribution in [1.29, 1.82) is 0 Å². The van der Waals surface area contributed by atoms with Gasteiger partial charge in [-0.05, 0) is 51.8 Å². The van der Waals surface area contributed by atoms with Gasteiger partial charge < -0.3 is 9.64 Å². The number of sulfonamides is 1. The highest BCUT2D eigenvalue weighted by Crippen LogP contribution is 2.31. The molecule has 184 valence electrons. The molecule has 3 rings (SSSR count). The lowest BCUT2D eigenvalue weighted by Crippen LogP contribution is -2.55. The molecule has 8 nitrogen and oxygen atoms in total. The van der Waals surface area contributed by atoms with Crippen molar-refractivity contribution >= 4 is 22.0 Å². The van der Waals surface area contributed by atoms with E-state index in [1.807, 2.05) is 0 Å². The molecular weight excluding hydrogens is 463 g/mol. The van der Waals surface area contributed by atoms with E-state index >= 15 is 0 Å². The maximum Gasteiger partial charge on any atom is 0.416 e. The highest BCUT2D eigenvalue weighted by atomic mass is 32.2. The highest BCUT2D eigenvalue weighted by Gasteiger charge is 2.40. The second-order valence-corrected chi connectivity index (χ2v) is 11.0. The number of benzene rings is 1. The first-order valence-corrected chi connectivity index (χ1v) is 12.1. The summed E-state index contributed by atoms with van der Waals surface area (Å²) in [5, 5.41) is 0. The van der Waals surface area contributed by atoms with Gasteiger partial charge in [0.25, 0.3) is 0 Å². The van der Waals surface area contributed by atoms with Gasteiger partial charge in [-0.3, -0.25) is 9.69 Å². The molecule has 33 heavy (non-hydrogen) atoms. The number of halogens is 3. The van der Waals surface area contributed by atoms with E-state index in [-0.39, 0.29) is 32.1 Å². The number of hydrogen-bond acceptors (Lipinski definition) is 5. The Hall–Kier alpha value is -2.34. The standard InChI is InChI=1S/C21H28F3N3O5S/c1-20(2,3)32-19(29)27-9-5-8-17(27)18(28)25-10-12-26(13-11-25)33(30,31)16-7-4-6-15(14-16)21(22,23)24/h4,6-7,14,17H,5,8-13H2,1-3H3/t17-/m0/s1. The third kappa shape index (κ3) is 5.78. The molecule has 2 aliphatic rings. The summed E-state index contributed by atoms with van der Waals surface area (Å²) < 4.78 is 71.1. The first-order chi connectivity index (χ1) is 15.2. The van der Waals surface area contributed by atoms with Gasteiger partial charge in [0.1, 0.15) is 11.6 Å². The van der Waals surface area contributed by atoms with Crippen LogP contribution in [0.3, 0.4) is 0 Å². The van der Waals surface area contributed by atoms with Crippen LogP contribution in [0.15, 0.2) is 29.2 Å².